The van der Waals surface area contributed by atoms with Crippen molar-refractivity contribution < 1.29 is 14.3 Å². The SMILES string of the molecule is COCCC(=O)N1CC[C@]2(C[C@@H]1c1ccccc1)CN(CC(C)C)C(=O)N2c1ccccc1. The van der Waals surface area contributed by atoms with Crippen LogP contribution < -0.4 is 4.90 Å². The Hall–Kier alpha value is -2.86. The van der Waals surface area contributed by atoms with E-state index in [0.717, 1.165) is 24.2 Å². The number of ether oxygens (including phenoxy) is 1. The standard InChI is InChI=1S/C27H35N3O3/c1-21(2)19-28-20-27(30(26(28)32)23-12-8-5-9-13-23)15-16-29(25(31)14-17-33-3)24(18-27)22-10-6-4-7-11-22/h4-13,21,24H,14-20H2,1-3H3/t24-,27+/m1/s1. The van der Waals surface area contributed by atoms with Crippen molar-refractivity contribution in [2.45, 2.75) is 44.7 Å². The highest BCUT2D eigenvalue weighted by atomic mass is 16.5. The zero-order valence-corrected chi connectivity index (χ0v) is 19.9. The Bertz CT molecular complexity index is 950. The molecule has 176 valence electrons. The van der Waals surface area contributed by atoms with E-state index in [4.69, 9.17) is 4.74 Å². The van der Waals surface area contributed by atoms with Gasteiger partial charge in [0.2, 0.25) is 5.91 Å². The summed E-state index contributed by atoms with van der Waals surface area (Å²) in [5.74, 6) is 0.498. The van der Waals surface area contributed by atoms with Crippen molar-refractivity contribution in [3.8, 4) is 0 Å². The van der Waals surface area contributed by atoms with E-state index in [0.29, 0.717) is 38.5 Å². The van der Waals surface area contributed by atoms with Gasteiger partial charge in [-0.3, -0.25) is 9.69 Å². The van der Waals surface area contributed by atoms with Crippen LogP contribution in [0, 0.1) is 5.92 Å². The van der Waals surface area contributed by atoms with Crippen molar-refractivity contribution in [3.63, 3.8) is 0 Å². The quantitative estimate of drug-likeness (QED) is 0.614. The monoisotopic (exact) mass is 449 g/mol. The normalized spacial score (nSPS) is 23.1. The molecule has 2 aromatic carbocycles. The molecule has 0 saturated carbocycles. The van der Waals surface area contributed by atoms with Crippen LogP contribution in [0.15, 0.2) is 60.7 Å². The van der Waals surface area contributed by atoms with Crippen LogP contribution in [0.2, 0.25) is 0 Å². The second-order valence-corrected chi connectivity index (χ2v) is 9.66. The minimum atomic E-state index is -0.355. The largest absolute Gasteiger partial charge is 0.384 e. The number of hydrogen-bond donors (Lipinski definition) is 0. The van der Waals surface area contributed by atoms with Crippen LogP contribution in [0.25, 0.3) is 0 Å². The van der Waals surface area contributed by atoms with Gasteiger partial charge in [0, 0.05) is 32.4 Å². The highest BCUT2D eigenvalue weighted by Gasteiger charge is 2.54. The summed E-state index contributed by atoms with van der Waals surface area (Å²) in [7, 11) is 1.62. The predicted molar refractivity (Wildman–Crippen MR) is 130 cm³/mol. The van der Waals surface area contributed by atoms with Crippen LogP contribution in [-0.4, -0.2) is 60.6 Å². The van der Waals surface area contributed by atoms with Crippen LogP contribution >= 0.6 is 0 Å². The van der Waals surface area contributed by atoms with Crippen molar-refractivity contribution in [1.29, 1.82) is 0 Å². The maximum Gasteiger partial charge on any atom is 0.325 e. The first kappa shape index (κ1) is 23.3. The zero-order valence-electron chi connectivity index (χ0n) is 19.9. The highest BCUT2D eigenvalue weighted by Crippen LogP contribution is 2.46. The third kappa shape index (κ3) is 4.76. The molecule has 2 aliphatic rings. The fourth-order valence-electron chi connectivity index (χ4n) is 5.39. The number of hydrogen-bond acceptors (Lipinski definition) is 3. The van der Waals surface area contributed by atoms with Gasteiger partial charge in [0.15, 0.2) is 0 Å². The first-order valence-corrected chi connectivity index (χ1v) is 11.9. The average Bonchev–Trinajstić information content (AvgIpc) is 3.08. The molecule has 2 atom stereocenters. The van der Waals surface area contributed by atoms with Crippen LogP contribution in [0.1, 0.15) is 44.7 Å². The molecule has 6 heteroatoms. The molecular formula is C27H35N3O3. The Morgan fingerprint density at radius 3 is 2.39 bits per heavy atom. The molecule has 2 heterocycles. The van der Waals surface area contributed by atoms with Crippen LogP contribution in [0.3, 0.4) is 0 Å². The summed E-state index contributed by atoms with van der Waals surface area (Å²) >= 11 is 0. The third-order valence-corrected chi connectivity index (χ3v) is 6.81. The van der Waals surface area contributed by atoms with E-state index >= 15 is 0 Å². The van der Waals surface area contributed by atoms with E-state index in [-0.39, 0.29) is 23.5 Å². The van der Waals surface area contributed by atoms with Crippen molar-refractivity contribution >= 4 is 17.6 Å². The Labute approximate surface area is 197 Å². The lowest BCUT2D eigenvalue weighted by Gasteiger charge is -2.48. The maximum atomic E-state index is 13.7. The first-order valence-electron chi connectivity index (χ1n) is 11.9. The average molecular weight is 450 g/mol. The van der Waals surface area contributed by atoms with E-state index in [2.05, 4.69) is 26.0 Å². The molecule has 0 unspecified atom stereocenters. The predicted octanol–water partition coefficient (Wildman–Crippen LogP) is 4.72. The smallest absolute Gasteiger partial charge is 0.325 e. The van der Waals surface area contributed by atoms with E-state index in [1.54, 1.807) is 7.11 Å². The molecule has 2 fully saturated rings. The summed E-state index contributed by atoms with van der Waals surface area (Å²) in [4.78, 5) is 32.8. The Morgan fingerprint density at radius 1 is 1.09 bits per heavy atom. The van der Waals surface area contributed by atoms with E-state index in [1.165, 1.54) is 0 Å². The number of para-hydroxylation sites is 1. The second kappa shape index (κ2) is 9.96. The third-order valence-electron chi connectivity index (χ3n) is 6.81. The van der Waals surface area contributed by atoms with Gasteiger partial charge in [-0.15, -0.1) is 0 Å². The Balaban J connectivity index is 1.72. The van der Waals surface area contributed by atoms with Gasteiger partial charge in [-0.1, -0.05) is 62.4 Å². The summed E-state index contributed by atoms with van der Waals surface area (Å²) in [6.45, 7) is 6.75. The molecule has 3 amide bonds. The number of likely N-dealkylation sites (tertiary alicyclic amines) is 1. The Kier molecular flexibility index (Phi) is 7.03. The van der Waals surface area contributed by atoms with Gasteiger partial charge in [0.05, 0.1) is 24.6 Å². The molecule has 2 aliphatic heterocycles. The zero-order chi connectivity index (χ0) is 23.4. The summed E-state index contributed by atoms with van der Waals surface area (Å²) in [6.07, 6.45) is 1.84. The van der Waals surface area contributed by atoms with Gasteiger partial charge in [-0.25, -0.2) is 4.79 Å². The van der Waals surface area contributed by atoms with E-state index < -0.39 is 0 Å². The van der Waals surface area contributed by atoms with Crippen molar-refractivity contribution in [2.24, 2.45) is 5.92 Å². The fraction of sp³-hybridized carbons (Fsp3) is 0.481. The molecular weight excluding hydrogens is 414 g/mol. The van der Waals surface area contributed by atoms with Crippen molar-refractivity contribution in [3.05, 3.63) is 66.2 Å². The molecule has 1 spiro atoms. The molecule has 0 aromatic heterocycles. The van der Waals surface area contributed by atoms with Gasteiger partial charge >= 0.3 is 6.03 Å². The molecule has 4 rings (SSSR count). The highest BCUT2D eigenvalue weighted by molar-refractivity contribution is 5.96. The molecule has 0 N–H and O–H groups in total. The number of anilines is 1. The summed E-state index contributed by atoms with van der Waals surface area (Å²) in [5, 5.41) is 0. The number of rotatable bonds is 7. The van der Waals surface area contributed by atoms with Gasteiger partial charge < -0.3 is 14.5 Å². The number of carbonyl (C=O) groups excluding carboxylic acids is 2. The van der Waals surface area contributed by atoms with Gasteiger partial charge in [0.1, 0.15) is 0 Å². The maximum absolute atomic E-state index is 13.7. The molecule has 0 radical (unpaired) electrons. The van der Waals surface area contributed by atoms with Crippen LogP contribution in [0.5, 0.6) is 0 Å². The minimum Gasteiger partial charge on any atom is -0.384 e. The number of piperidine rings is 1. The van der Waals surface area contributed by atoms with E-state index in [9.17, 15) is 9.59 Å². The second-order valence-electron chi connectivity index (χ2n) is 9.66. The van der Waals surface area contributed by atoms with E-state index in [1.807, 2.05) is 63.2 Å². The molecule has 6 nitrogen and oxygen atoms in total. The Morgan fingerprint density at radius 2 is 1.76 bits per heavy atom. The van der Waals surface area contributed by atoms with Crippen LogP contribution in [0.4, 0.5) is 10.5 Å². The van der Waals surface area contributed by atoms with Gasteiger partial charge in [-0.05, 0) is 36.5 Å². The number of urea groups is 1. The number of nitrogens with zero attached hydrogens (tertiary/aromatic N) is 3. The van der Waals surface area contributed by atoms with Crippen molar-refractivity contribution in [2.75, 3.05) is 38.3 Å². The topological polar surface area (TPSA) is 53.1 Å². The lowest BCUT2D eigenvalue weighted by molar-refractivity contribution is -0.137. The first-order chi connectivity index (χ1) is 15.9. The molecule has 2 aromatic rings. The number of benzene rings is 2. The summed E-state index contributed by atoms with van der Waals surface area (Å²) in [6, 6.07) is 20.2. The number of carbonyl (C=O) groups is 2. The number of methoxy groups -OCH3 is 1. The molecule has 2 saturated heterocycles. The van der Waals surface area contributed by atoms with Gasteiger partial charge in [0.25, 0.3) is 0 Å². The molecule has 0 aliphatic carbocycles. The molecule has 33 heavy (non-hydrogen) atoms. The molecule has 0 bridgehead atoms. The number of amides is 3. The minimum absolute atomic E-state index is 0.0703. The van der Waals surface area contributed by atoms with Gasteiger partial charge in [-0.2, -0.15) is 0 Å². The van der Waals surface area contributed by atoms with Crippen molar-refractivity contribution in [1.82, 2.24) is 9.80 Å². The lowest BCUT2D eigenvalue weighted by Crippen LogP contribution is -2.56. The lowest BCUT2D eigenvalue weighted by atomic mass is 9.79. The summed E-state index contributed by atoms with van der Waals surface area (Å²) < 4.78 is 5.17. The van der Waals surface area contributed by atoms with Crippen LogP contribution in [-0.2, 0) is 9.53 Å². The summed E-state index contributed by atoms with van der Waals surface area (Å²) in [5.41, 5.74) is 1.69. The fourth-order valence-corrected chi connectivity index (χ4v) is 5.39.